The van der Waals surface area contributed by atoms with Gasteiger partial charge in [-0.15, -0.1) is 20.5 Å². The van der Waals surface area contributed by atoms with Crippen molar-refractivity contribution in [2.24, 2.45) is 20.5 Å². The Labute approximate surface area is 595 Å². The van der Waals surface area contributed by atoms with Crippen molar-refractivity contribution < 1.29 is 69.2 Å². The van der Waals surface area contributed by atoms with E-state index in [9.17, 15) is 60.7 Å². The van der Waals surface area contributed by atoms with Crippen molar-refractivity contribution in [2.75, 3.05) is 136 Å². The number of nitriles is 2. The second kappa shape index (κ2) is 31.2. The molecule has 2 saturated heterocycles. The summed E-state index contributed by atoms with van der Waals surface area (Å²) < 4.78 is 90.5. The van der Waals surface area contributed by atoms with Crippen molar-refractivity contribution in [3.05, 3.63) is 104 Å². The zero-order valence-electron chi connectivity index (χ0n) is 55.2. The molecule has 7 heterocycles. The first-order valence-electron chi connectivity index (χ1n) is 31.3. The highest BCUT2D eigenvalue weighted by molar-refractivity contribution is 7.99. The van der Waals surface area contributed by atoms with Crippen molar-refractivity contribution in [3.63, 3.8) is 0 Å². The Morgan fingerprint density at radius 3 is 1.34 bits per heavy atom. The van der Waals surface area contributed by atoms with Crippen molar-refractivity contribution >= 4 is 158 Å². The third-order valence-corrected chi connectivity index (χ3v) is 20.4. The number of allylic oxidation sites excluding steroid dienone is 2. The summed E-state index contributed by atoms with van der Waals surface area (Å²) in [4.78, 5) is 87.6. The normalized spacial score (nSPS) is 15.2. The number of aliphatic hydroxyl groups is 1. The van der Waals surface area contributed by atoms with Crippen LogP contribution in [0, 0.1) is 22.7 Å². The maximum atomic E-state index is 13.8. The fourth-order valence-corrected chi connectivity index (χ4v) is 14.5. The van der Waals surface area contributed by atoms with E-state index < -0.39 is 65.1 Å². The maximum Gasteiger partial charge on any atom is 0.294 e. The van der Waals surface area contributed by atoms with Crippen molar-refractivity contribution in [1.82, 2.24) is 34.7 Å². The van der Waals surface area contributed by atoms with Crippen LogP contribution >= 0.6 is 34.4 Å². The molecule has 7 aromatic rings. The van der Waals surface area contributed by atoms with Gasteiger partial charge in [-0.2, -0.15) is 52.3 Å². The second-order valence-electron chi connectivity index (χ2n) is 22.0. The van der Waals surface area contributed by atoms with Crippen LogP contribution in [0.4, 0.5) is 67.9 Å². The zero-order valence-corrected chi connectivity index (χ0v) is 59.3. The van der Waals surface area contributed by atoms with Gasteiger partial charge < -0.3 is 54.3 Å². The number of benzene rings is 4. The van der Waals surface area contributed by atoms with Gasteiger partial charge in [-0.05, 0) is 88.4 Å². The Balaban J connectivity index is 0.964. The number of thiazole rings is 2. The highest BCUT2D eigenvalue weighted by atomic mass is 32.2. The average Bonchev–Trinajstić information content (AvgIpc) is 1.60. The molecule has 0 spiro atoms. The van der Waals surface area contributed by atoms with Gasteiger partial charge in [0.2, 0.25) is 22.2 Å². The number of imide groups is 2. The average molecular weight is 1490 g/mol. The molecule has 3 aromatic heterocycles. The molecule has 4 aliphatic rings. The molecule has 102 heavy (non-hydrogen) atoms. The number of carbonyl (C=O) groups is 4. The molecule has 4 amide bonds. The minimum atomic E-state index is -4.76. The highest BCUT2D eigenvalue weighted by Gasteiger charge is 2.41. The lowest BCUT2D eigenvalue weighted by Gasteiger charge is -2.27. The quantitative estimate of drug-likeness (QED) is 0.0105. The summed E-state index contributed by atoms with van der Waals surface area (Å²) in [5, 5.41) is 56.7. The second-order valence-corrected chi connectivity index (χ2v) is 27.9. The molecule has 4 aromatic carbocycles. The minimum absolute atomic E-state index is 0.0109. The Morgan fingerprint density at radius 1 is 0.598 bits per heavy atom. The van der Waals surface area contributed by atoms with Gasteiger partial charge in [0.15, 0.2) is 5.16 Å². The standard InChI is InChI=1S/C63H63N19O15S5/c1-7-77(8-2)47-29-43(45(31-49(47)94-5)73-75-62-68-53(79-15-20-96-21-16-79)51(99-62)25-35(33-64)81-55(84)39-13-11-37(101(88,89)90)27-41(39)57(81)86)66-59-70-60(72-61(71-59)98-24-19-83)67-44-30-48(78(9-3)10-4)50(95-6)32-46(44)74-76-63-69-54(80-17-22-97-23-18-80)52(100-63)26-36(34-65)82-56(85)40-14-12-38(102(91,92)93)28-42(40)58(82)87/h11-14,25-32,83H,7-10,15-24H2,1-6H3,(H,88,89,90)(H,91,92,93)(H2,66,67,70,71,72)/b35-25+,36-26+,75-73?,76-74?. The molecule has 0 aliphatic carbocycles. The van der Waals surface area contributed by atoms with Gasteiger partial charge in [0.25, 0.3) is 43.9 Å². The molecule has 0 bridgehead atoms. The smallest absolute Gasteiger partial charge is 0.294 e. The van der Waals surface area contributed by atoms with Crippen LogP contribution in [0.2, 0.25) is 0 Å². The Kier molecular flexibility index (Phi) is 22.3. The number of amides is 4. The van der Waals surface area contributed by atoms with Gasteiger partial charge in [-0.25, -0.2) is 9.80 Å². The van der Waals surface area contributed by atoms with Crippen LogP contribution in [-0.2, 0) is 29.7 Å². The molecule has 0 unspecified atom stereocenters. The number of rotatable bonds is 27. The number of methoxy groups -OCH3 is 2. The highest BCUT2D eigenvalue weighted by Crippen LogP contribution is 2.45. The summed E-state index contributed by atoms with van der Waals surface area (Å²) in [5.41, 5.74) is 0.469. The van der Waals surface area contributed by atoms with E-state index in [0.717, 1.165) is 70.8 Å². The number of aromatic nitrogens is 5. The fraction of sp³-hybridized carbons (Fsp3) is 0.317. The van der Waals surface area contributed by atoms with Crippen molar-refractivity contribution in [3.8, 4) is 23.6 Å². The molecule has 2 fully saturated rings. The molecular weight excluding hydrogens is 1420 g/mol. The van der Waals surface area contributed by atoms with Crippen LogP contribution in [0.1, 0.15) is 78.9 Å². The largest absolute Gasteiger partial charge is 0.494 e. The van der Waals surface area contributed by atoms with Crippen molar-refractivity contribution in [2.45, 2.75) is 42.6 Å². The monoisotopic (exact) mass is 1490 g/mol. The number of ether oxygens (including phenoxy) is 4. The summed E-state index contributed by atoms with van der Waals surface area (Å²) in [6, 6.07) is 16.6. The summed E-state index contributed by atoms with van der Waals surface area (Å²) in [6.45, 7) is 12.7. The van der Waals surface area contributed by atoms with Crippen LogP contribution in [0.25, 0.3) is 12.2 Å². The lowest BCUT2D eigenvalue weighted by molar-refractivity contribution is 0.0696. The Hall–Kier alpha value is -10.5. The Bertz CT molecular complexity index is 4640. The van der Waals surface area contributed by atoms with Gasteiger partial charge in [-0.1, -0.05) is 34.4 Å². The van der Waals surface area contributed by atoms with E-state index in [1.165, 1.54) is 26.4 Å². The minimum Gasteiger partial charge on any atom is -0.494 e. The molecule has 0 atom stereocenters. The molecule has 0 radical (unpaired) electrons. The van der Waals surface area contributed by atoms with Crippen LogP contribution in [0.15, 0.2) is 107 Å². The van der Waals surface area contributed by atoms with Crippen molar-refractivity contribution in [1.29, 1.82) is 10.5 Å². The first-order valence-corrected chi connectivity index (χ1v) is 36.8. The first kappa shape index (κ1) is 72.8. The number of morpholine rings is 2. The fourth-order valence-electron chi connectivity index (χ4n) is 11.2. The van der Waals surface area contributed by atoms with Gasteiger partial charge in [0.05, 0.1) is 112 Å². The molecule has 5 N–H and O–H groups in total. The predicted molar refractivity (Wildman–Crippen MR) is 377 cm³/mol. The summed E-state index contributed by atoms with van der Waals surface area (Å²) >= 11 is 3.10. The third kappa shape index (κ3) is 15.4. The number of azo groups is 2. The van der Waals surface area contributed by atoms with Crippen LogP contribution in [-0.4, -0.2) is 195 Å². The van der Waals surface area contributed by atoms with E-state index in [1.54, 1.807) is 24.3 Å². The van der Waals surface area contributed by atoms with Gasteiger partial charge >= 0.3 is 0 Å². The number of hydrogen-bond acceptors (Lipinski definition) is 33. The molecule has 11 rings (SSSR count). The van der Waals surface area contributed by atoms with Crippen LogP contribution in [0.3, 0.4) is 0 Å². The number of anilines is 8. The number of hydrogen-bond donors (Lipinski definition) is 5. The number of carbonyl (C=O) groups excluding carboxylic acids is 4. The number of thioether (sulfide) groups is 1. The molecular formula is C63H63N19O15S5. The molecule has 4 aliphatic heterocycles. The molecule has 34 nitrogen and oxygen atoms in total. The van der Waals surface area contributed by atoms with E-state index in [0.29, 0.717) is 144 Å². The first-order chi connectivity index (χ1) is 49.0. The van der Waals surface area contributed by atoms with E-state index in [2.05, 4.69) is 20.9 Å². The molecule has 530 valence electrons. The van der Waals surface area contributed by atoms with Gasteiger partial charge in [-0.3, -0.25) is 28.3 Å². The number of nitrogens with zero attached hydrogens (tertiary/aromatic N) is 17. The SMILES string of the molecule is CCN(CC)c1cc(Nc2nc(Nc3cc(N(CC)CC)c(OC)cc3N=Nc3nc(N4CCOCC4)c(/C=C(\C#N)N4C(=O)c5ccc(S(=O)(=O)O)cc5C4=O)s3)nc(SCCO)n2)c(N=Nc2nc(N3CCOCC3)c(/C=C(\C#N)N3C(=O)c4ccc(S(=O)(=O)O)cc4C3=O)s2)cc1OC. The van der Waals surface area contributed by atoms with Gasteiger partial charge in [0, 0.05) is 70.2 Å². The Morgan fingerprint density at radius 2 is 0.990 bits per heavy atom. The summed E-state index contributed by atoms with van der Waals surface area (Å²) in [6.07, 6.45) is 2.61. The van der Waals surface area contributed by atoms with E-state index in [1.807, 2.05) is 59.4 Å². The van der Waals surface area contributed by atoms with Crippen LogP contribution < -0.4 is 39.7 Å². The lowest BCUT2D eigenvalue weighted by atomic mass is 10.1. The van der Waals surface area contributed by atoms with Crippen LogP contribution in [0.5, 0.6) is 11.5 Å². The summed E-state index contributed by atoms with van der Waals surface area (Å²) in [7, 11) is -6.50. The predicted octanol–water partition coefficient (Wildman–Crippen LogP) is 9.38. The lowest BCUT2D eigenvalue weighted by Crippen LogP contribution is -2.36. The van der Waals surface area contributed by atoms with Gasteiger partial charge in [0.1, 0.15) is 58.0 Å². The van der Waals surface area contributed by atoms with E-state index in [-0.39, 0.29) is 73.3 Å². The molecule has 39 heteroatoms. The van der Waals surface area contributed by atoms with E-state index >= 15 is 0 Å². The zero-order chi connectivity index (χ0) is 72.7. The topological polar surface area (TPSA) is 439 Å². The summed E-state index contributed by atoms with van der Waals surface area (Å²) in [5.74, 6) is -2.13. The maximum absolute atomic E-state index is 13.8. The number of aliphatic hydroxyl groups excluding tert-OH is 1. The third-order valence-electron chi connectivity index (χ3n) is 16.1. The number of nitrogens with one attached hydrogen (secondary N) is 2. The number of fused-ring (bicyclic) bond motifs is 2. The molecule has 0 saturated carbocycles. The van der Waals surface area contributed by atoms with E-state index in [4.69, 9.17) is 54.1 Å².